The normalized spacial score (nSPS) is 10.5. The predicted molar refractivity (Wildman–Crippen MR) is 89.2 cm³/mol. The van der Waals surface area contributed by atoms with Crippen LogP contribution in [-0.2, 0) is 16.1 Å². The lowest BCUT2D eigenvalue weighted by Gasteiger charge is -2.09. The van der Waals surface area contributed by atoms with Gasteiger partial charge in [0.05, 0.1) is 18.4 Å². The molecule has 122 valence electrons. The third-order valence-electron chi connectivity index (χ3n) is 3.51. The second kappa shape index (κ2) is 6.87. The number of furan rings is 1. The van der Waals surface area contributed by atoms with Crippen LogP contribution in [0.2, 0.25) is 0 Å². The molecule has 3 N–H and O–H groups in total. The van der Waals surface area contributed by atoms with Crippen LogP contribution in [-0.4, -0.2) is 18.5 Å². The number of carbonyl (C=O) groups excluding carboxylic acids is 2. The molecule has 24 heavy (non-hydrogen) atoms. The summed E-state index contributed by atoms with van der Waals surface area (Å²) < 4.78 is 10.1. The smallest absolute Gasteiger partial charge is 0.340 e. The fourth-order valence-corrected chi connectivity index (χ4v) is 2.29. The highest BCUT2D eigenvalue weighted by atomic mass is 16.5. The Morgan fingerprint density at radius 2 is 1.83 bits per heavy atom. The van der Waals surface area contributed by atoms with Gasteiger partial charge in [-0.1, -0.05) is 24.3 Å². The van der Waals surface area contributed by atoms with E-state index in [1.165, 1.54) is 6.26 Å². The average Bonchev–Trinajstić information content (AvgIpc) is 3.10. The lowest BCUT2D eigenvalue weighted by molar-refractivity contribution is -0.124. The Morgan fingerprint density at radius 1 is 1.08 bits per heavy atom. The van der Waals surface area contributed by atoms with E-state index in [4.69, 9.17) is 14.9 Å². The number of amides is 1. The van der Waals surface area contributed by atoms with Gasteiger partial charge >= 0.3 is 5.97 Å². The summed E-state index contributed by atoms with van der Waals surface area (Å²) in [5.74, 6) is -0.432. The fraction of sp³-hybridized carbons (Fsp3) is 0.111. The Bertz CT molecular complexity index is 872. The van der Waals surface area contributed by atoms with Gasteiger partial charge in [-0.05, 0) is 35.0 Å². The molecule has 0 radical (unpaired) electrons. The number of nitrogens with two attached hydrogens (primary N) is 1. The highest BCUT2D eigenvalue weighted by Gasteiger charge is 2.14. The fourth-order valence-electron chi connectivity index (χ4n) is 2.29. The molecule has 0 fully saturated rings. The molecule has 3 aromatic rings. The number of hydrogen-bond acceptors (Lipinski definition) is 5. The Balaban J connectivity index is 1.60. The number of anilines is 1. The van der Waals surface area contributed by atoms with Gasteiger partial charge in [-0.3, -0.25) is 4.79 Å². The maximum absolute atomic E-state index is 12.1. The molecule has 1 amide bonds. The Morgan fingerprint density at radius 3 is 2.54 bits per heavy atom. The maximum atomic E-state index is 12.1. The summed E-state index contributed by atoms with van der Waals surface area (Å²) in [6.45, 7) is -0.146. The number of carbonyl (C=O) groups is 2. The molecule has 0 bridgehead atoms. The van der Waals surface area contributed by atoms with Gasteiger partial charge in [-0.15, -0.1) is 0 Å². The van der Waals surface area contributed by atoms with Crippen LogP contribution in [0.15, 0.2) is 59.2 Å². The van der Waals surface area contributed by atoms with E-state index in [0.717, 1.165) is 10.8 Å². The largest absolute Gasteiger partial charge is 0.467 e. The van der Waals surface area contributed by atoms with Crippen LogP contribution >= 0.6 is 0 Å². The number of esters is 1. The maximum Gasteiger partial charge on any atom is 0.340 e. The molecule has 2 aromatic carbocycles. The molecule has 3 rings (SSSR count). The van der Waals surface area contributed by atoms with Crippen molar-refractivity contribution in [3.8, 4) is 0 Å². The van der Waals surface area contributed by atoms with Gasteiger partial charge < -0.3 is 20.2 Å². The molecule has 0 unspecified atom stereocenters. The molecule has 0 aliphatic rings. The SMILES string of the molecule is Nc1cc2ccccc2cc1C(=O)OCC(=O)NCc1ccco1. The lowest BCUT2D eigenvalue weighted by atomic mass is 10.1. The zero-order chi connectivity index (χ0) is 16.9. The van der Waals surface area contributed by atoms with Crippen molar-refractivity contribution >= 4 is 28.3 Å². The molecule has 0 saturated heterocycles. The second-order valence-electron chi connectivity index (χ2n) is 5.22. The molecule has 1 aromatic heterocycles. The van der Waals surface area contributed by atoms with Crippen molar-refractivity contribution in [1.29, 1.82) is 0 Å². The highest BCUT2D eigenvalue weighted by molar-refractivity contribution is 6.01. The van der Waals surface area contributed by atoms with Crippen LogP contribution in [0.3, 0.4) is 0 Å². The minimum absolute atomic E-state index is 0.238. The molecule has 6 nitrogen and oxygen atoms in total. The number of rotatable bonds is 5. The van der Waals surface area contributed by atoms with Gasteiger partial charge in [0.25, 0.3) is 5.91 Å². The first kappa shape index (κ1) is 15.6. The summed E-state index contributed by atoms with van der Waals surface area (Å²) in [7, 11) is 0. The van der Waals surface area contributed by atoms with Gasteiger partial charge in [0.2, 0.25) is 0 Å². The van der Waals surface area contributed by atoms with E-state index in [0.29, 0.717) is 11.4 Å². The van der Waals surface area contributed by atoms with Crippen LogP contribution in [0.4, 0.5) is 5.69 Å². The van der Waals surface area contributed by atoms with Crippen molar-refractivity contribution in [2.24, 2.45) is 0 Å². The average molecular weight is 324 g/mol. The van der Waals surface area contributed by atoms with Gasteiger partial charge in [-0.2, -0.15) is 0 Å². The standard InChI is InChI=1S/C18H16N2O4/c19-16-9-13-5-2-1-4-12(13)8-15(16)18(22)24-11-17(21)20-10-14-6-3-7-23-14/h1-9H,10-11,19H2,(H,20,21). The van der Waals surface area contributed by atoms with Crippen molar-refractivity contribution < 1.29 is 18.7 Å². The summed E-state index contributed by atoms with van der Waals surface area (Å²) in [6.07, 6.45) is 1.52. The van der Waals surface area contributed by atoms with Gasteiger partial charge in [0, 0.05) is 5.69 Å². The number of hydrogen-bond donors (Lipinski definition) is 2. The van der Waals surface area contributed by atoms with Crippen LogP contribution < -0.4 is 11.1 Å². The number of fused-ring (bicyclic) bond motifs is 1. The zero-order valence-electron chi connectivity index (χ0n) is 12.8. The zero-order valence-corrected chi connectivity index (χ0v) is 12.8. The quantitative estimate of drug-likeness (QED) is 0.555. The number of benzene rings is 2. The molecule has 0 spiro atoms. The topological polar surface area (TPSA) is 94.6 Å². The van der Waals surface area contributed by atoms with Crippen molar-refractivity contribution in [2.75, 3.05) is 12.3 Å². The van der Waals surface area contributed by atoms with E-state index in [1.54, 1.807) is 24.3 Å². The summed E-state index contributed by atoms with van der Waals surface area (Å²) in [4.78, 5) is 23.9. The minimum Gasteiger partial charge on any atom is -0.467 e. The first-order valence-corrected chi connectivity index (χ1v) is 7.38. The van der Waals surface area contributed by atoms with E-state index < -0.39 is 11.9 Å². The lowest BCUT2D eigenvalue weighted by Crippen LogP contribution is -2.28. The Hall–Kier alpha value is -3.28. The van der Waals surface area contributed by atoms with Gasteiger partial charge in [-0.25, -0.2) is 4.79 Å². The van der Waals surface area contributed by atoms with Crippen molar-refractivity contribution in [3.63, 3.8) is 0 Å². The van der Waals surface area contributed by atoms with Crippen molar-refractivity contribution in [2.45, 2.75) is 6.54 Å². The summed E-state index contributed by atoms with van der Waals surface area (Å²) in [5.41, 5.74) is 6.46. The van der Waals surface area contributed by atoms with Crippen molar-refractivity contribution in [3.05, 3.63) is 66.1 Å². The molecule has 0 aliphatic carbocycles. The predicted octanol–water partition coefficient (Wildman–Crippen LogP) is 2.49. The van der Waals surface area contributed by atoms with E-state index in [2.05, 4.69) is 5.32 Å². The monoisotopic (exact) mass is 324 g/mol. The molecule has 0 saturated carbocycles. The second-order valence-corrected chi connectivity index (χ2v) is 5.22. The Labute approximate surface area is 138 Å². The van der Waals surface area contributed by atoms with E-state index in [-0.39, 0.29) is 18.7 Å². The molecule has 1 heterocycles. The number of nitrogen functional groups attached to an aromatic ring is 1. The summed E-state index contributed by atoms with van der Waals surface area (Å²) in [5, 5.41) is 4.40. The third kappa shape index (κ3) is 3.55. The molecule has 0 atom stereocenters. The summed E-state index contributed by atoms with van der Waals surface area (Å²) in [6, 6.07) is 14.4. The van der Waals surface area contributed by atoms with E-state index >= 15 is 0 Å². The first-order valence-electron chi connectivity index (χ1n) is 7.38. The summed E-state index contributed by atoms with van der Waals surface area (Å²) >= 11 is 0. The Kier molecular flexibility index (Phi) is 4.47. The van der Waals surface area contributed by atoms with Crippen LogP contribution in [0.1, 0.15) is 16.1 Å². The molecular weight excluding hydrogens is 308 g/mol. The van der Waals surface area contributed by atoms with E-state index in [9.17, 15) is 9.59 Å². The van der Waals surface area contributed by atoms with Gasteiger partial charge in [0.1, 0.15) is 5.76 Å². The molecule has 6 heteroatoms. The molecular formula is C18H16N2O4. The first-order chi connectivity index (χ1) is 11.6. The highest BCUT2D eigenvalue weighted by Crippen LogP contribution is 2.22. The van der Waals surface area contributed by atoms with Gasteiger partial charge in [0.15, 0.2) is 6.61 Å². The van der Waals surface area contributed by atoms with Crippen LogP contribution in [0.5, 0.6) is 0 Å². The number of ether oxygens (including phenoxy) is 1. The van der Waals surface area contributed by atoms with E-state index in [1.807, 2.05) is 24.3 Å². The van der Waals surface area contributed by atoms with Crippen LogP contribution in [0.25, 0.3) is 10.8 Å². The molecule has 0 aliphatic heterocycles. The van der Waals surface area contributed by atoms with Crippen LogP contribution in [0, 0.1) is 0 Å². The minimum atomic E-state index is -0.633. The third-order valence-corrected chi connectivity index (χ3v) is 3.51. The van der Waals surface area contributed by atoms with Crippen molar-refractivity contribution in [1.82, 2.24) is 5.32 Å². The number of nitrogens with one attached hydrogen (secondary N) is 1.